The van der Waals surface area contributed by atoms with Crippen LogP contribution in [-0.2, 0) is 16.4 Å². The zero-order chi connectivity index (χ0) is 13.8. The van der Waals surface area contributed by atoms with E-state index in [1.165, 1.54) is 6.26 Å². The average Bonchev–Trinajstić information content (AvgIpc) is 2.28. The average molecular weight is 272 g/mol. The molecule has 0 saturated carbocycles. The first kappa shape index (κ1) is 14.9. The molecule has 1 rings (SSSR count). The van der Waals surface area contributed by atoms with Gasteiger partial charge in [-0.25, -0.2) is 13.4 Å². The molecular formula is C12H20N2O3S. The molecule has 0 aliphatic heterocycles. The minimum Gasteiger partial charge on any atom is -0.481 e. The van der Waals surface area contributed by atoms with Gasteiger partial charge in [0.25, 0.3) is 0 Å². The highest BCUT2D eigenvalue weighted by molar-refractivity contribution is 7.92. The second-order valence-corrected chi connectivity index (χ2v) is 7.46. The van der Waals surface area contributed by atoms with E-state index in [-0.39, 0.29) is 0 Å². The molecule has 102 valence electrons. The minimum absolute atomic E-state index is 0.379. The predicted octanol–water partition coefficient (Wildman–Crippen LogP) is 1.00. The number of hydrogen-bond acceptors (Lipinski definition) is 5. The number of ether oxygens (including phenoxy) is 1. The van der Waals surface area contributed by atoms with Crippen LogP contribution in [0.3, 0.4) is 0 Å². The maximum Gasteiger partial charge on any atom is 0.217 e. The Balaban J connectivity index is 2.62. The van der Waals surface area contributed by atoms with Crippen LogP contribution in [0, 0.1) is 0 Å². The van der Waals surface area contributed by atoms with Crippen LogP contribution in [-0.4, -0.2) is 38.1 Å². The summed E-state index contributed by atoms with van der Waals surface area (Å²) in [7, 11) is -1.52. The highest BCUT2D eigenvalue weighted by Gasteiger charge is 2.29. The lowest BCUT2D eigenvalue weighted by molar-refractivity contribution is 0.390. The summed E-state index contributed by atoms with van der Waals surface area (Å²) in [6.45, 7) is 4.31. The SMILES string of the molecule is COc1ncccc1CNCC(C)(C)S(C)(=O)=O. The van der Waals surface area contributed by atoms with Gasteiger partial charge in [-0.2, -0.15) is 0 Å². The molecule has 1 heterocycles. The van der Waals surface area contributed by atoms with Crippen molar-refractivity contribution in [3.63, 3.8) is 0 Å². The van der Waals surface area contributed by atoms with Gasteiger partial charge in [-0.3, -0.25) is 0 Å². The Morgan fingerprint density at radius 1 is 1.44 bits per heavy atom. The Kier molecular flexibility index (Phi) is 4.70. The fourth-order valence-electron chi connectivity index (χ4n) is 1.37. The van der Waals surface area contributed by atoms with Crippen molar-refractivity contribution in [3.8, 4) is 5.88 Å². The van der Waals surface area contributed by atoms with E-state index in [0.29, 0.717) is 19.0 Å². The zero-order valence-corrected chi connectivity index (χ0v) is 12.0. The topological polar surface area (TPSA) is 68.3 Å². The van der Waals surface area contributed by atoms with Crippen molar-refractivity contribution in [1.29, 1.82) is 0 Å². The predicted molar refractivity (Wildman–Crippen MR) is 71.4 cm³/mol. The number of nitrogens with zero attached hydrogens (tertiary/aromatic N) is 1. The van der Waals surface area contributed by atoms with E-state index in [1.54, 1.807) is 27.2 Å². The van der Waals surface area contributed by atoms with Crippen LogP contribution >= 0.6 is 0 Å². The maximum absolute atomic E-state index is 11.5. The first-order valence-electron chi connectivity index (χ1n) is 5.66. The molecule has 0 saturated heterocycles. The molecule has 5 nitrogen and oxygen atoms in total. The summed E-state index contributed by atoms with van der Waals surface area (Å²) in [5.74, 6) is 0.558. The van der Waals surface area contributed by atoms with Crippen molar-refractivity contribution in [2.45, 2.75) is 25.1 Å². The standard InChI is InChI=1S/C12H20N2O3S/c1-12(2,18(4,15)16)9-13-8-10-6-5-7-14-11(10)17-3/h5-7,13H,8-9H2,1-4H3. The number of methoxy groups -OCH3 is 1. The van der Waals surface area contributed by atoms with Crippen LogP contribution in [0.2, 0.25) is 0 Å². The number of pyridine rings is 1. The summed E-state index contributed by atoms with van der Waals surface area (Å²) in [5, 5.41) is 3.12. The summed E-state index contributed by atoms with van der Waals surface area (Å²) in [6, 6.07) is 3.72. The first-order chi connectivity index (χ1) is 8.28. The highest BCUT2D eigenvalue weighted by Crippen LogP contribution is 2.16. The molecule has 18 heavy (non-hydrogen) atoms. The molecule has 0 aliphatic rings. The number of aromatic nitrogens is 1. The van der Waals surface area contributed by atoms with Crippen LogP contribution in [0.1, 0.15) is 19.4 Å². The summed E-state index contributed by atoms with van der Waals surface area (Å²) < 4.78 is 27.4. The van der Waals surface area contributed by atoms with Gasteiger partial charge in [0.15, 0.2) is 9.84 Å². The van der Waals surface area contributed by atoms with Gasteiger partial charge in [0.1, 0.15) is 0 Å². The lowest BCUT2D eigenvalue weighted by atomic mass is 10.2. The minimum atomic E-state index is -3.08. The third-order valence-corrected chi connectivity index (χ3v) is 5.07. The Bertz CT molecular complexity index is 498. The van der Waals surface area contributed by atoms with Crippen LogP contribution < -0.4 is 10.1 Å². The summed E-state index contributed by atoms with van der Waals surface area (Å²) in [6.07, 6.45) is 2.90. The van der Waals surface area contributed by atoms with Gasteiger partial charge in [-0.15, -0.1) is 0 Å². The molecule has 0 spiro atoms. The van der Waals surface area contributed by atoms with E-state index in [1.807, 2.05) is 12.1 Å². The molecule has 0 fully saturated rings. The van der Waals surface area contributed by atoms with Crippen LogP contribution in [0.5, 0.6) is 5.88 Å². The lowest BCUT2D eigenvalue weighted by Crippen LogP contribution is -2.41. The monoisotopic (exact) mass is 272 g/mol. The normalized spacial score (nSPS) is 12.4. The summed E-state index contributed by atoms with van der Waals surface area (Å²) >= 11 is 0. The van der Waals surface area contributed by atoms with Gasteiger partial charge < -0.3 is 10.1 Å². The number of nitrogens with one attached hydrogen (secondary N) is 1. The van der Waals surface area contributed by atoms with E-state index < -0.39 is 14.6 Å². The zero-order valence-electron chi connectivity index (χ0n) is 11.2. The van der Waals surface area contributed by atoms with Gasteiger partial charge in [0.05, 0.1) is 11.9 Å². The molecule has 0 atom stereocenters. The van der Waals surface area contributed by atoms with Crippen LogP contribution in [0.15, 0.2) is 18.3 Å². The molecule has 1 aromatic rings. The number of rotatable bonds is 6. The fourth-order valence-corrected chi connectivity index (χ4v) is 1.74. The van der Waals surface area contributed by atoms with Crippen LogP contribution in [0.4, 0.5) is 0 Å². The van der Waals surface area contributed by atoms with Crippen molar-refractivity contribution in [1.82, 2.24) is 10.3 Å². The number of hydrogen-bond donors (Lipinski definition) is 1. The van der Waals surface area contributed by atoms with Crippen LogP contribution in [0.25, 0.3) is 0 Å². The third-order valence-electron chi connectivity index (χ3n) is 2.91. The maximum atomic E-state index is 11.5. The molecule has 0 amide bonds. The Labute approximate surface area is 108 Å². The van der Waals surface area contributed by atoms with Gasteiger partial charge >= 0.3 is 0 Å². The lowest BCUT2D eigenvalue weighted by Gasteiger charge is -2.23. The molecule has 0 aliphatic carbocycles. The van der Waals surface area contributed by atoms with E-state index in [0.717, 1.165) is 5.56 Å². The van der Waals surface area contributed by atoms with Crippen molar-refractivity contribution < 1.29 is 13.2 Å². The summed E-state index contributed by atoms with van der Waals surface area (Å²) in [5.41, 5.74) is 0.907. The van der Waals surface area contributed by atoms with E-state index >= 15 is 0 Å². The third kappa shape index (κ3) is 3.68. The first-order valence-corrected chi connectivity index (χ1v) is 7.55. The quantitative estimate of drug-likeness (QED) is 0.837. The molecule has 1 aromatic heterocycles. The molecule has 6 heteroatoms. The molecule has 1 N–H and O–H groups in total. The molecule has 0 aromatic carbocycles. The molecular weight excluding hydrogens is 252 g/mol. The van der Waals surface area contributed by atoms with E-state index in [9.17, 15) is 8.42 Å². The van der Waals surface area contributed by atoms with E-state index in [2.05, 4.69) is 10.3 Å². The Hall–Kier alpha value is -1.14. The molecule has 0 radical (unpaired) electrons. The van der Waals surface area contributed by atoms with Crippen molar-refractivity contribution in [3.05, 3.63) is 23.9 Å². The second kappa shape index (κ2) is 5.67. The van der Waals surface area contributed by atoms with Gasteiger partial charge in [-0.1, -0.05) is 6.07 Å². The Morgan fingerprint density at radius 2 is 2.11 bits per heavy atom. The van der Waals surface area contributed by atoms with Crippen molar-refractivity contribution in [2.75, 3.05) is 19.9 Å². The van der Waals surface area contributed by atoms with E-state index in [4.69, 9.17) is 4.74 Å². The van der Waals surface area contributed by atoms with Gasteiger partial charge in [0, 0.05) is 31.1 Å². The summed E-state index contributed by atoms with van der Waals surface area (Å²) in [4.78, 5) is 4.08. The highest BCUT2D eigenvalue weighted by atomic mass is 32.2. The Morgan fingerprint density at radius 3 is 2.67 bits per heavy atom. The van der Waals surface area contributed by atoms with Gasteiger partial charge in [0.2, 0.25) is 5.88 Å². The molecule has 0 bridgehead atoms. The largest absolute Gasteiger partial charge is 0.481 e. The fraction of sp³-hybridized carbons (Fsp3) is 0.583. The van der Waals surface area contributed by atoms with Crippen molar-refractivity contribution in [2.24, 2.45) is 0 Å². The van der Waals surface area contributed by atoms with Gasteiger partial charge in [-0.05, 0) is 19.9 Å². The molecule has 0 unspecified atom stereocenters. The second-order valence-electron chi connectivity index (χ2n) is 4.81. The number of sulfone groups is 1. The smallest absolute Gasteiger partial charge is 0.217 e. The van der Waals surface area contributed by atoms with Crippen molar-refractivity contribution >= 4 is 9.84 Å².